The quantitative estimate of drug-likeness (QED) is 0.819. The number of benzene rings is 1. The molecule has 1 aliphatic heterocycles. The van der Waals surface area contributed by atoms with Crippen LogP contribution in [0, 0.1) is 0 Å². The van der Waals surface area contributed by atoms with E-state index >= 15 is 0 Å². The molecule has 152 valence electrons. The minimum Gasteiger partial charge on any atom is -0.351 e. The third kappa shape index (κ3) is 5.41. The Morgan fingerprint density at radius 1 is 1.03 bits per heavy atom. The summed E-state index contributed by atoms with van der Waals surface area (Å²) >= 11 is 0. The second-order valence-corrected chi connectivity index (χ2v) is 7.83. The lowest BCUT2D eigenvalue weighted by Crippen LogP contribution is -2.48. The maximum atomic E-state index is 12.8. The number of hydrogen-bond donors (Lipinski definition) is 1. The number of carbonyl (C=O) groups is 1. The SMILES string of the molecule is O=C(c1cnc(NC2CCCC2)nc1)N1CCN(C/C=C/c2ccccc2)CC1. The minimum absolute atomic E-state index is 0.0249. The molecule has 1 amide bonds. The second-order valence-electron chi connectivity index (χ2n) is 7.83. The van der Waals surface area contributed by atoms with Gasteiger partial charge < -0.3 is 10.2 Å². The summed E-state index contributed by atoms with van der Waals surface area (Å²) < 4.78 is 0. The van der Waals surface area contributed by atoms with E-state index in [-0.39, 0.29) is 5.91 Å². The van der Waals surface area contributed by atoms with Crippen LogP contribution in [0.2, 0.25) is 0 Å². The molecule has 2 aromatic rings. The molecule has 1 aromatic heterocycles. The monoisotopic (exact) mass is 391 g/mol. The third-order valence-corrected chi connectivity index (χ3v) is 5.72. The number of amides is 1. The molecule has 1 N–H and O–H groups in total. The summed E-state index contributed by atoms with van der Waals surface area (Å²) in [5.41, 5.74) is 1.78. The molecule has 29 heavy (non-hydrogen) atoms. The topological polar surface area (TPSA) is 61.4 Å². The molecule has 4 rings (SSSR count). The van der Waals surface area contributed by atoms with Crippen LogP contribution in [0.1, 0.15) is 41.6 Å². The summed E-state index contributed by atoms with van der Waals surface area (Å²) in [6, 6.07) is 10.8. The predicted octanol–water partition coefficient (Wildman–Crippen LogP) is 3.30. The van der Waals surface area contributed by atoms with Crippen molar-refractivity contribution in [2.45, 2.75) is 31.7 Å². The van der Waals surface area contributed by atoms with Gasteiger partial charge in [0.05, 0.1) is 5.56 Å². The Labute approximate surface area is 172 Å². The molecule has 1 aliphatic carbocycles. The second kappa shape index (κ2) is 9.65. The number of carbonyl (C=O) groups excluding carboxylic acids is 1. The zero-order chi connectivity index (χ0) is 19.9. The Morgan fingerprint density at radius 3 is 2.41 bits per heavy atom. The molecule has 6 nitrogen and oxygen atoms in total. The Kier molecular flexibility index (Phi) is 6.52. The zero-order valence-corrected chi connectivity index (χ0v) is 16.8. The lowest BCUT2D eigenvalue weighted by Gasteiger charge is -2.34. The van der Waals surface area contributed by atoms with E-state index in [9.17, 15) is 4.79 Å². The van der Waals surface area contributed by atoms with Crippen LogP contribution in [0.15, 0.2) is 48.8 Å². The van der Waals surface area contributed by atoms with Crippen LogP contribution in [-0.4, -0.2) is 64.4 Å². The highest BCUT2D eigenvalue weighted by Gasteiger charge is 2.22. The standard InChI is InChI=1S/C23H29N5O/c29-22(20-17-24-23(25-18-20)26-21-10-4-5-11-21)28-15-13-27(14-16-28)12-6-9-19-7-2-1-3-8-19/h1-3,6-9,17-18,21H,4-5,10-16H2,(H,24,25,26)/b9-6+. The van der Waals surface area contributed by atoms with Gasteiger partial charge in [-0.1, -0.05) is 55.3 Å². The van der Waals surface area contributed by atoms with Crippen LogP contribution >= 0.6 is 0 Å². The first-order valence-electron chi connectivity index (χ1n) is 10.6. The Morgan fingerprint density at radius 2 is 1.72 bits per heavy atom. The van der Waals surface area contributed by atoms with Gasteiger partial charge in [-0.25, -0.2) is 9.97 Å². The minimum atomic E-state index is 0.0249. The molecule has 2 aliphatic rings. The molecule has 0 spiro atoms. The first kappa shape index (κ1) is 19.6. The Balaban J connectivity index is 1.23. The van der Waals surface area contributed by atoms with Gasteiger partial charge >= 0.3 is 0 Å². The van der Waals surface area contributed by atoms with Crippen molar-refractivity contribution in [3.05, 3.63) is 59.9 Å². The van der Waals surface area contributed by atoms with Crippen LogP contribution in [0.5, 0.6) is 0 Å². The highest BCUT2D eigenvalue weighted by atomic mass is 16.2. The molecule has 2 fully saturated rings. The summed E-state index contributed by atoms with van der Waals surface area (Å²) in [6.45, 7) is 4.14. The maximum Gasteiger partial charge on any atom is 0.257 e. The van der Waals surface area contributed by atoms with Gasteiger partial charge in [-0.3, -0.25) is 9.69 Å². The first-order valence-corrected chi connectivity index (χ1v) is 10.6. The van der Waals surface area contributed by atoms with Crippen molar-refractivity contribution < 1.29 is 4.79 Å². The molecular weight excluding hydrogens is 362 g/mol. The lowest BCUT2D eigenvalue weighted by molar-refractivity contribution is 0.0649. The van der Waals surface area contributed by atoms with Gasteiger partial charge in [0.1, 0.15) is 0 Å². The summed E-state index contributed by atoms with van der Waals surface area (Å²) in [5.74, 6) is 0.653. The van der Waals surface area contributed by atoms with E-state index in [1.54, 1.807) is 12.4 Å². The molecule has 0 bridgehead atoms. The largest absolute Gasteiger partial charge is 0.351 e. The van der Waals surface area contributed by atoms with E-state index in [0.717, 1.165) is 32.7 Å². The molecule has 0 unspecified atom stereocenters. The number of anilines is 1. The van der Waals surface area contributed by atoms with Crippen LogP contribution < -0.4 is 5.32 Å². The number of nitrogens with zero attached hydrogens (tertiary/aromatic N) is 4. The van der Waals surface area contributed by atoms with Crippen LogP contribution in [0.4, 0.5) is 5.95 Å². The van der Waals surface area contributed by atoms with Crippen molar-refractivity contribution in [1.82, 2.24) is 19.8 Å². The predicted molar refractivity (Wildman–Crippen MR) is 116 cm³/mol. The fourth-order valence-corrected chi connectivity index (χ4v) is 3.98. The van der Waals surface area contributed by atoms with Gasteiger partial charge in [0.15, 0.2) is 0 Å². The van der Waals surface area contributed by atoms with Crippen molar-refractivity contribution in [2.75, 3.05) is 38.0 Å². The van der Waals surface area contributed by atoms with E-state index in [4.69, 9.17) is 0 Å². The Hall–Kier alpha value is -2.73. The third-order valence-electron chi connectivity index (χ3n) is 5.72. The summed E-state index contributed by atoms with van der Waals surface area (Å²) in [5, 5.41) is 3.36. The summed E-state index contributed by atoms with van der Waals surface area (Å²) in [7, 11) is 0. The average Bonchev–Trinajstić information content (AvgIpc) is 3.28. The zero-order valence-electron chi connectivity index (χ0n) is 16.8. The van der Waals surface area contributed by atoms with Gasteiger partial charge in [0.2, 0.25) is 5.95 Å². The molecule has 0 atom stereocenters. The van der Waals surface area contributed by atoms with Crippen LogP contribution in [0.3, 0.4) is 0 Å². The molecule has 1 saturated heterocycles. The molecule has 1 saturated carbocycles. The maximum absolute atomic E-state index is 12.8. The number of piperazine rings is 1. The highest BCUT2D eigenvalue weighted by Crippen LogP contribution is 2.20. The first-order chi connectivity index (χ1) is 14.3. The van der Waals surface area contributed by atoms with Gasteiger partial charge in [0.25, 0.3) is 5.91 Å². The summed E-state index contributed by atoms with van der Waals surface area (Å²) in [6.07, 6.45) is 12.5. The number of hydrogen-bond acceptors (Lipinski definition) is 5. The normalized spacial score (nSPS) is 18.4. The van der Waals surface area contributed by atoms with Crippen molar-refractivity contribution in [3.8, 4) is 0 Å². The van der Waals surface area contributed by atoms with Crippen molar-refractivity contribution in [2.24, 2.45) is 0 Å². The van der Waals surface area contributed by atoms with E-state index in [1.165, 1.54) is 31.2 Å². The fourth-order valence-electron chi connectivity index (χ4n) is 3.98. The van der Waals surface area contributed by atoms with Crippen molar-refractivity contribution >= 4 is 17.9 Å². The molecule has 1 aromatic carbocycles. The Bertz CT molecular complexity index is 807. The van der Waals surface area contributed by atoms with Crippen LogP contribution in [-0.2, 0) is 0 Å². The summed E-state index contributed by atoms with van der Waals surface area (Å²) in [4.78, 5) is 25.7. The van der Waals surface area contributed by atoms with Gasteiger partial charge in [-0.2, -0.15) is 0 Å². The van der Waals surface area contributed by atoms with E-state index < -0.39 is 0 Å². The van der Waals surface area contributed by atoms with Crippen molar-refractivity contribution in [1.29, 1.82) is 0 Å². The number of nitrogens with one attached hydrogen (secondary N) is 1. The smallest absolute Gasteiger partial charge is 0.257 e. The fraction of sp³-hybridized carbons (Fsp3) is 0.435. The van der Waals surface area contributed by atoms with E-state index in [1.807, 2.05) is 23.1 Å². The number of aromatic nitrogens is 2. The molecular formula is C23H29N5O. The molecule has 2 heterocycles. The molecule has 6 heteroatoms. The van der Waals surface area contributed by atoms with E-state index in [2.05, 4.69) is 44.5 Å². The van der Waals surface area contributed by atoms with Gasteiger partial charge in [-0.05, 0) is 18.4 Å². The van der Waals surface area contributed by atoms with Gasteiger partial charge in [-0.15, -0.1) is 0 Å². The van der Waals surface area contributed by atoms with Crippen molar-refractivity contribution in [3.63, 3.8) is 0 Å². The molecule has 0 radical (unpaired) electrons. The number of rotatable bonds is 6. The lowest BCUT2D eigenvalue weighted by atomic mass is 10.2. The van der Waals surface area contributed by atoms with E-state index in [0.29, 0.717) is 17.6 Å². The van der Waals surface area contributed by atoms with Gasteiger partial charge in [0, 0.05) is 51.2 Å². The highest BCUT2D eigenvalue weighted by molar-refractivity contribution is 5.93. The average molecular weight is 392 g/mol. The van der Waals surface area contributed by atoms with Crippen LogP contribution in [0.25, 0.3) is 6.08 Å².